The summed E-state index contributed by atoms with van der Waals surface area (Å²) in [7, 11) is 3.38. The van der Waals surface area contributed by atoms with Crippen LogP contribution in [-0.2, 0) is 7.05 Å². The minimum Gasteiger partial charge on any atom is -0.409 e. The second kappa shape index (κ2) is 5.20. The number of nitrogens with two attached hydrogens (primary N) is 1. The van der Waals surface area contributed by atoms with Crippen LogP contribution in [-0.4, -0.2) is 44.7 Å². The number of rotatable bonds is 3. The van der Waals surface area contributed by atoms with Crippen LogP contribution in [0.1, 0.15) is 17.4 Å². The molecule has 0 saturated heterocycles. The van der Waals surface area contributed by atoms with Crippen molar-refractivity contribution in [3.05, 3.63) is 30.0 Å². The number of likely N-dealkylation sites (N-methyl/N-ethyl adjacent to an activating group) is 1. The van der Waals surface area contributed by atoms with Crippen molar-refractivity contribution in [2.75, 3.05) is 7.05 Å². The Balaban J connectivity index is 2.42. The fourth-order valence-electron chi connectivity index (χ4n) is 2.00. The van der Waals surface area contributed by atoms with E-state index in [1.165, 1.54) is 4.90 Å². The van der Waals surface area contributed by atoms with E-state index in [4.69, 9.17) is 10.9 Å². The standard InChI is InChI=1S/C13H17N5O2/c1-8(12(14)16-20)17(2)13(19)11-9-6-4-5-7-10(9)18(3)15-11/h4-8,20H,1-3H3,(H2,14,16). The van der Waals surface area contributed by atoms with Crippen LogP contribution in [0.15, 0.2) is 29.4 Å². The van der Waals surface area contributed by atoms with Crippen molar-refractivity contribution in [3.8, 4) is 0 Å². The largest absolute Gasteiger partial charge is 0.409 e. The first-order chi connectivity index (χ1) is 9.47. The number of hydrogen-bond acceptors (Lipinski definition) is 4. The summed E-state index contributed by atoms with van der Waals surface area (Å²) in [6.45, 7) is 1.68. The Kier molecular flexibility index (Phi) is 3.60. The summed E-state index contributed by atoms with van der Waals surface area (Å²) in [5.41, 5.74) is 6.76. The van der Waals surface area contributed by atoms with Gasteiger partial charge in [0.05, 0.1) is 11.6 Å². The highest BCUT2D eigenvalue weighted by Gasteiger charge is 2.24. The predicted molar refractivity (Wildman–Crippen MR) is 75.7 cm³/mol. The molecule has 7 heteroatoms. The molecule has 1 aromatic heterocycles. The van der Waals surface area contributed by atoms with Gasteiger partial charge >= 0.3 is 0 Å². The minimum absolute atomic E-state index is 0.0268. The third-order valence-corrected chi connectivity index (χ3v) is 3.41. The molecule has 0 fully saturated rings. The summed E-state index contributed by atoms with van der Waals surface area (Å²) in [4.78, 5) is 13.9. The Morgan fingerprint density at radius 1 is 1.50 bits per heavy atom. The van der Waals surface area contributed by atoms with E-state index in [0.29, 0.717) is 5.69 Å². The number of para-hydroxylation sites is 1. The molecule has 3 N–H and O–H groups in total. The number of hydrogen-bond donors (Lipinski definition) is 2. The molecule has 0 radical (unpaired) electrons. The van der Waals surface area contributed by atoms with Crippen molar-refractivity contribution in [1.82, 2.24) is 14.7 Å². The van der Waals surface area contributed by atoms with Gasteiger partial charge in [-0.05, 0) is 13.0 Å². The van der Waals surface area contributed by atoms with Crippen molar-refractivity contribution >= 4 is 22.6 Å². The number of carbonyl (C=O) groups excluding carboxylic acids is 1. The Morgan fingerprint density at radius 2 is 2.15 bits per heavy atom. The Morgan fingerprint density at radius 3 is 2.80 bits per heavy atom. The molecule has 2 rings (SSSR count). The Labute approximate surface area is 116 Å². The van der Waals surface area contributed by atoms with Crippen molar-refractivity contribution in [1.29, 1.82) is 0 Å². The molecule has 1 aromatic carbocycles. The van der Waals surface area contributed by atoms with Crippen LogP contribution in [0.5, 0.6) is 0 Å². The van der Waals surface area contributed by atoms with Gasteiger partial charge in [-0.3, -0.25) is 9.48 Å². The maximum atomic E-state index is 12.5. The molecule has 0 aliphatic carbocycles. The zero-order valence-corrected chi connectivity index (χ0v) is 11.6. The molecule has 2 aromatic rings. The van der Waals surface area contributed by atoms with E-state index >= 15 is 0 Å². The summed E-state index contributed by atoms with van der Waals surface area (Å²) in [5.74, 6) is -0.304. The van der Waals surface area contributed by atoms with E-state index in [0.717, 1.165) is 10.9 Å². The lowest BCUT2D eigenvalue weighted by molar-refractivity contribution is 0.0771. The highest BCUT2D eigenvalue weighted by molar-refractivity contribution is 6.06. The first kappa shape index (κ1) is 13.9. The molecule has 1 unspecified atom stereocenters. The highest BCUT2D eigenvalue weighted by Crippen LogP contribution is 2.19. The zero-order valence-electron chi connectivity index (χ0n) is 11.6. The van der Waals surface area contributed by atoms with E-state index in [1.54, 1.807) is 25.7 Å². The lowest BCUT2D eigenvalue weighted by atomic mass is 10.2. The molecule has 0 saturated carbocycles. The normalized spacial score (nSPS) is 13.4. The number of aromatic nitrogens is 2. The van der Waals surface area contributed by atoms with Gasteiger partial charge in [-0.2, -0.15) is 5.10 Å². The third kappa shape index (κ3) is 2.18. The molecule has 106 valence electrons. The van der Waals surface area contributed by atoms with Gasteiger partial charge in [-0.15, -0.1) is 0 Å². The van der Waals surface area contributed by atoms with Crippen LogP contribution < -0.4 is 5.73 Å². The van der Waals surface area contributed by atoms with E-state index in [-0.39, 0.29) is 11.7 Å². The lowest BCUT2D eigenvalue weighted by Crippen LogP contribution is -2.44. The predicted octanol–water partition coefficient (Wildman–Crippen LogP) is 0.780. The van der Waals surface area contributed by atoms with Crippen LogP contribution in [0, 0.1) is 0 Å². The second-order valence-corrected chi connectivity index (χ2v) is 4.61. The van der Waals surface area contributed by atoms with Crippen molar-refractivity contribution < 1.29 is 10.0 Å². The van der Waals surface area contributed by atoms with E-state index in [1.807, 2.05) is 24.3 Å². The second-order valence-electron chi connectivity index (χ2n) is 4.61. The average molecular weight is 275 g/mol. The summed E-state index contributed by atoms with van der Waals surface area (Å²) in [6.07, 6.45) is 0. The number of amides is 1. The van der Waals surface area contributed by atoms with Gasteiger partial charge in [-0.1, -0.05) is 23.4 Å². The highest BCUT2D eigenvalue weighted by atomic mass is 16.4. The van der Waals surface area contributed by atoms with E-state index < -0.39 is 6.04 Å². The first-order valence-electron chi connectivity index (χ1n) is 6.13. The molecule has 1 atom stereocenters. The van der Waals surface area contributed by atoms with Gasteiger partial charge in [0.25, 0.3) is 5.91 Å². The SMILES string of the molecule is CC(/C(N)=N/O)N(C)C(=O)c1nn(C)c2ccccc12. The number of carbonyl (C=O) groups is 1. The molecule has 0 spiro atoms. The fourth-order valence-corrected chi connectivity index (χ4v) is 2.00. The topological polar surface area (TPSA) is 96.7 Å². The van der Waals surface area contributed by atoms with Gasteiger partial charge in [0.2, 0.25) is 0 Å². The summed E-state index contributed by atoms with van der Waals surface area (Å²) in [6, 6.07) is 6.96. The van der Waals surface area contributed by atoms with Gasteiger partial charge < -0.3 is 15.8 Å². The molecular formula is C13H17N5O2. The smallest absolute Gasteiger partial charge is 0.275 e. The van der Waals surface area contributed by atoms with E-state index in [9.17, 15) is 4.79 Å². The molecule has 1 amide bonds. The summed E-state index contributed by atoms with van der Waals surface area (Å²) in [5, 5.41) is 16.7. The number of benzene rings is 1. The van der Waals surface area contributed by atoms with Crippen LogP contribution in [0.3, 0.4) is 0 Å². The summed E-state index contributed by atoms with van der Waals surface area (Å²) >= 11 is 0. The molecule has 0 bridgehead atoms. The van der Waals surface area contributed by atoms with Crippen molar-refractivity contribution in [2.45, 2.75) is 13.0 Å². The number of oxime groups is 1. The quantitative estimate of drug-likeness (QED) is 0.374. The van der Waals surface area contributed by atoms with E-state index in [2.05, 4.69) is 10.3 Å². The number of amidine groups is 1. The molecule has 7 nitrogen and oxygen atoms in total. The average Bonchev–Trinajstić information content (AvgIpc) is 2.81. The molecule has 1 heterocycles. The Bertz CT molecular complexity index is 676. The number of fused-ring (bicyclic) bond motifs is 1. The monoisotopic (exact) mass is 275 g/mol. The maximum absolute atomic E-state index is 12.5. The minimum atomic E-state index is -0.520. The third-order valence-electron chi connectivity index (χ3n) is 3.41. The first-order valence-corrected chi connectivity index (χ1v) is 6.13. The zero-order chi connectivity index (χ0) is 14.9. The van der Waals surface area contributed by atoms with Crippen molar-refractivity contribution in [2.24, 2.45) is 17.9 Å². The maximum Gasteiger partial charge on any atom is 0.275 e. The van der Waals surface area contributed by atoms with Gasteiger partial charge in [0, 0.05) is 19.5 Å². The lowest BCUT2D eigenvalue weighted by Gasteiger charge is -2.22. The molecule has 0 aliphatic heterocycles. The van der Waals surface area contributed by atoms with Crippen LogP contribution in [0.25, 0.3) is 10.9 Å². The fraction of sp³-hybridized carbons (Fsp3) is 0.308. The van der Waals surface area contributed by atoms with Crippen LogP contribution in [0.4, 0.5) is 0 Å². The molecular weight excluding hydrogens is 258 g/mol. The molecule has 0 aliphatic rings. The Hall–Kier alpha value is -2.57. The molecule has 20 heavy (non-hydrogen) atoms. The van der Waals surface area contributed by atoms with Crippen molar-refractivity contribution in [3.63, 3.8) is 0 Å². The number of aryl methyl sites for hydroxylation is 1. The van der Waals surface area contributed by atoms with Gasteiger partial charge in [-0.25, -0.2) is 0 Å². The van der Waals surface area contributed by atoms with Gasteiger partial charge in [0.15, 0.2) is 11.5 Å². The summed E-state index contributed by atoms with van der Waals surface area (Å²) < 4.78 is 1.66. The van der Waals surface area contributed by atoms with Gasteiger partial charge in [0.1, 0.15) is 0 Å². The number of nitrogens with zero attached hydrogens (tertiary/aromatic N) is 4. The van der Waals surface area contributed by atoms with Crippen LogP contribution >= 0.6 is 0 Å². The van der Waals surface area contributed by atoms with Crippen LogP contribution in [0.2, 0.25) is 0 Å².